The lowest BCUT2D eigenvalue weighted by atomic mass is 9.85. The summed E-state index contributed by atoms with van der Waals surface area (Å²) in [5.74, 6) is 0.962. The van der Waals surface area contributed by atoms with Crippen LogP contribution in [0.5, 0.6) is 0 Å². The molecule has 0 aromatic carbocycles. The molecule has 3 aliphatic rings. The van der Waals surface area contributed by atoms with Gasteiger partial charge in [0.15, 0.2) is 0 Å². The molecule has 2 aliphatic heterocycles. The molecule has 3 fully saturated rings. The van der Waals surface area contributed by atoms with Gasteiger partial charge < -0.3 is 10.0 Å². The minimum Gasteiger partial charge on any atom is -0.395 e. The lowest BCUT2D eigenvalue weighted by Gasteiger charge is -2.45. The fourth-order valence-electron chi connectivity index (χ4n) is 4.72. The monoisotopic (exact) mass is 309 g/mol. The first-order chi connectivity index (χ1) is 10.8. The van der Waals surface area contributed by atoms with Crippen LogP contribution in [0.15, 0.2) is 0 Å². The van der Waals surface area contributed by atoms with Crippen LogP contribution in [-0.2, 0) is 0 Å². The van der Waals surface area contributed by atoms with Crippen LogP contribution in [0.4, 0.5) is 0 Å². The standard InChI is InChI=1S/C18H35N3O/c1-16-2-4-17(5-3-16)20-8-6-18(7-9-20)21-12-10-19(11-13-21)14-15-22/h16-18,22H,2-15H2,1H3. The van der Waals surface area contributed by atoms with E-state index in [1.165, 1.54) is 64.7 Å². The predicted molar refractivity (Wildman–Crippen MR) is 91.1 cm³/mol. The Balaban J connectivity index is 1.39. The number of piperidine rings is 1. The van der Waals surface area contributed by atoms with E-state index >= 15 is 0 Å². The molecule has 0 unspecified atom stereocenters. The minimum atomic E-state index is 0.304. The molecule has 2 saturated heterocycles. The van der Waals surface area contributed by atoms with E-state index in [0.717, 1.165) is 37.6 Å². The molecule has 0 bridgehead atoms. The molecule has 1 saturated carbocycles. The van der Waals surface area contributed by atoms with Crippen LogP contribution in [-0.4, -0.2) is 84.3 Å². The van der Waals surface area contributed by atoms with Crippen LogP contribution in [0.2, 0.25) is 0 Å². The second kappa shape index (κ2) is 8.09. The summed E-state index contributed by atoms with van der Waals surface area (Å²) in [5, 5.41) is 9.04. The van der Waals surface area contributed by atoms with Gasteiger partial charge in [0.25, 0.3) is 0 Å². The number of hydrogen-bond acceptors (Lipinski definition) is 4. The molecule has 4 nitrogen and oxygen atoms in total. The summed E-state index contributed by atoms with van der Waals surface area (Å²) in [6.07, 6.45) is 8.49. The summed E-state index contributed by atoms with van der Waals surface area (Å²) < 4.78 is 0. The third-order valence-corrected chi connectivity index (χ3v) is 6.34. The van der Waals surface area contributed by atoms with Gasteiger partial charge in [0, 0.05) is 44.8 Å². The van der Waals surface area contributed by atoms with Gasteiger partial charge in [0.2, 0.25) is 0 Å². The third-order valence-electron chi connectivity index (χ3n) is 6.34. The molecule has 128 valence electrons. The summed E-state index contributed by atoms with van der Waals surface area (Å²) in [6, 6.07) is 1.70. The Kier molecular flexibility index (Phi) is 6.14. The van der Waals surface area contributed by atoms with Gasteiger partial charge >= 0.3 is 0 Å². The number of β-amino-alcohol motifs (C(OH)–C–C–N with tert-alkyl or cyclic N) is 1. The first-order valence-electron chi connectivity index (χ1n) is 9.57. The number of piperazine rings is 1. The van der Waals surface area contributed by atoms with Crippen LogP contribution in [0.1, 0.15) is 45.4 Å². The van der Waals surface area contributed by atoms with E-state index in [1.807, 2.05) is 0 Å². The zero-order valence-electron chi connectivity index (χ0n) is 14.4. The van der Waals surface area contributed by atoms with Crippen LogP contribution < -0.4 is 0 Å². The number of likely N-dealkylation sites (tertiary alicyclic amines) is 1. The second-order valence-electron chi connectivity index (χ2n) is 7.78. The van der Waals surface area contributed by atoms with E-state index in [4.69, 9.17) is 5.11 Å². The number of rotatable bonds is 4. The Morgan fingerprint density at radius 3 is 1.86 bits per heavy atom. The maximum Gasteiger partial charge on any atom is 0.0558 e. The fourth-order valence-corrected chi connectivity index (χ4v) is 4.72. The van der Waals surface area contributed by atoms with E-state index in [0.29, 0.717) is 6.61 Å². The Bertz CT molecular complexity index is 314. The van der Waals surface area contributed by atoms with Crippen LogP contribution >= 0.6 is 0 Å². The van der Waals surface area contributed by atoms with Crippen molar-refractivity contribution in [1.82, 2.24) is 14.7 Å². The van der Waals surface area contributed by atoms with Crippen molar-refractivity contribution in [2.24, 2.45) is 5.92 Å². The summed E-state index contributed by atoms with van der Waals surface area (Å²) in [7, 11) is 0. The lowest BCUT2D eigenvalue weighted by molar-refractivity contribution is 0.0352. The number of hydrogen-bond donors (Lipinski definition) is 1. The SMILES string of the molecule is CC1CCC(N2CCC(N3CCN(CCO)CC3)CC2)CC1. The zero-order valence-corrected chi connectivity index (χ0v) is 14.4. The topological polar surface area (TPSA) is 30.0 Å². The highest BCUT2D eigenvalue weighted by atomic mass is 16.3. The van der Waals surface area contributed by atoms with Crippen LogP contribution in [0.25, 0.3) is 0 Å². The van der Waals surface area contributed by atoms with E-state index in [1.54, 1.807) is 0 Å². The average Bonchev–Trinajstić information content (AvgIpc) is 2.57. The van der Waals surface area contributed by atoms with Crippen molar-refractivity contribution < 1.29 is 5.11 Å². The molecular formula is C18H35N3O. The molecule has 0 radical (unpaired) electrons. The van der Waals surface area contributed by atoms with Crippen LogP contribution in [0, 0.1) is 5.92 Å². The highest BCUT2D eigenvalue weighted by Crippen LogP contribution is 2.29. The Morgan fingerprint density at radius 2 is 1.27 bits per heavy atom. The van der Waals surface area contributed by atoms with Crippen LogP contribution in [0.3, 0.4) is 0 Å². The molecule has 0 amide bonds. The van der Waals surface area contributed by atoms with Gasteiger partial charge in [-0.1, -0.05) is 6.92 Å². The van der Waals surface area contributed by atoms with Crippen molar-refractivity contribution in [3.63, 3.8) is 0 Å². The van der Waals surface area contributed by atoms with Crippen molar-refractivity contribution in [1.29, 1.82) is 0 Å². The van der Waals surface area contributed by atoms with E-state index in [-0.39, 0.29) is 0 Å². The third kappa shape index (κ3) is 4.22. The van der Waals surface area contributed by atoms with E-state index in [2.05, 4.69) is 21.6 Å². The van der Waals surface area contributed by atoms with Gasteiger partial charge in [-0.05, 0) is 57.5 Å². The fraction of sp³-hybridized carbons (Fsp3) is 1.00. The largest absolute Gasteiger partial charge is 0.395 e. The minimum absolute atomic E-state index is 0.304. The molecular weight excluding hydrogens is 274 g/mol. The summed E-state index contributed by atoms with van der Waals surface area (Å²) in [5.41, 5.74) is 0. The lowest BCUT2D eigenvalue weighted by Crippen LogP contribution is -2.54. The van der Waals surface area contributed by atoms with Gasteiger partial charge in [0.1, 0.15) is 0 Å². The van der Waals surface area contributed by atoms with Crippen molar-refractivity contribution in [2.75, 3.05) is 52.4 Å². The number of aliphatic hydroxyl groups excluding tert-OH is 1. The highest BCUT2D eigenvalue weighted by Gasteiger charge is 2.31. The quantitative estimate of drug-likeness (QED) is 0.855. The maximum atomic E-state index is 9.04. The smallest absolute Gasteiger partial charge is 0.0558 e. The van der Waals surface area contributed by atoms with Crippen molar-refractivity contribution in [3.05, 3.63) is 0 Å². The molecule has 0 atom stereocenters. The Labute approximate surface area is 136 Å². The molecule has 2 heterocycles. The average molecular weight is 309 g/mol. The van der Waals surface area contributed by atoms with Crippen molar-refractivity contribution in [3.8, 4) is 0 Å². The van der Waals surface area contributed by atoms with E-state index in [9.17, 15) is 0 Å². The van der Waals surface area contributed by atoms with Gasteiger partial charge in [-0.15, -0.1) is 0 Å². The van der Waals surface area contributed by atoms with Gasteiger partial charge in [-0.25, -0.2) is 0 Å². The summed E-state index contributed by atoms with van der Waals surface area (Å²) in [6.45, 7) is 10.9. The van der Waals surface area contributed by atoms with E-state index < -0.39 is 0 Å². The van der Waals surface area contributed by atoms with Gasteiger partial charge in [-0.3, -0.25) is 9.80 Å². The molecule has 1 N–H and O–H groups in total. The maximum absolute atomic E-state index is 9.04. The summed E-state index contributed by atoms with van der Waals surface area (Å²) >= 11 is 0. The molecule has 22 heavy (non-hydrogen) atoms. The molecule has 4 heteroatoms. The van der Waals surface area contributed by atoms with Crippen molar-refractivity contribution in [2.45, 2.75) is 57.5 Å². The molecule has 0 aromatic heterocycles. The van der Waals surface area contributed by atoms with Gasteiger partial charge in [0.05, 0.1) is 6.61 Å². The first kappa shape index (κ1) is 16.7. The molecule has 0 spiro atoms. The second-order valence-corrected chi connectivity index (χ2v) is 7.78. The molecule has 0 aromatic rings. The Hall–Kier alpha value is -0.160. The zero-order chi connectivity index (χ0) is 15.4. The first-order valence-corrected chi connectivity index (χ1v) is 9.57. The molecule has 1 aliphatic carbocycles. The Morgan fingerprint density at radius 1 is 0.727 bits per heavy atom. The molecule has 3 rings (SSSR count). The summed E-state index contributed by atoms with van der Waals surface area (Å²) in [4.78, 5) is 7.91. The predicted octanol–water partition coefficient (Wildman–Crippen LogP) is 1.64. The van der Waals surface area contributed by atoms with Crippen molar-refractivity contribution >= 4 is 0 Å². The number of nitrogens with zero attached hydrogens (tertiary/aromatic N) is 3. The normalized spacial score (nSPS) is 34.1. The highest BCUT2D eigenvalue weighted by molar-refractivity contribution is 4.87. The van der Waals surface area contributed by atoms with Gasteiger partial charge in [-0.2, -0.15) is 0 Å². The number of aliphatic hydroxyl groups is 1.